The van der Waals surface area contributed by atoms with Crippen LogP contribution in [0.2, 0.25) is 0 Å². The zero-order chi connectivity index (χ0) is 32.3. The molecule has 3 aromatic heterocycles. The molecule has 0 atom stereocenters. The normalized spacial score (nSPS) is 11.7. The van der Waals surface area contributed by atoms with Crippen molar-refractivity contribution >= 4 is 43.6 Å². The van der Waals surface area contributed by atoms with Crippen LogP contribution in [0.5, 0.6) is 0 Å². The SMILES string of the molecule is c1ccc(-c2c(-c3ccc(-n4c5ccccc5c5cc6c7ccccc7n(-c7ccccc7)c6cc54)cc3)nnn2-c2ccccc2)cc1. The molecule has 0 amide bonds. The fraction of sp³-hybridized carbons (Fsp3) is 0. The number of rotatable bonds is 5. The first-order valence-corrected chi connectivity index (χ1v) is 16.5. The van der Waals surface area contributed by atoms with E-state index in [0.29, 0.717) is 0 Å². The van der Waals surface area contributed by atoms with Crippen molar-refractivity contribution < 1.29 is 0 Å². The molecule has 5 heteroatoms. The molecular weight excluding hydrogens is 599 g/mol. The van der Waals surface area contributed by atoms with Crippen molar-refractivity contribution in [2.45, 2.75) is 0 Å². The van der Waals surface area contributed by atoms with Crippen LogP contribution in [0, 0.1) is 0 Å². The van der Waals surface area contributed by atoms with Gasteiger partial charge in [-0.3, -0.25) is 0 Å². The minimum absolute atomic E-state index is 0.845. The van der Waals surface area contributed by atoms with Crippen LogP contribution in [0.3, 0.4) is 0 Å². The average Bonchev–Trinajstić information content (AvgIpc) is 3.86. The van der Waals surface area contributed by atoms with E-state index < -0.39 is 0 Å². The van der Waals surface area contributed by atoms with Gasteiger partial charge in [-0.2, -0.15) is 0 Å². The first-order valence-electron chi connectivity index (χ1n) is 16.5. The summed E-state index contributed by atoms with van der Waals surface area (Å²) in [5, 5.41) is 14.3. The largest absolute Gasteiger partial charge is 0.309 e. The van der Waals surface area contributed by atoms with Crippen molar-refractivity contribution in [2.24, 2.45) is 0 Å². The smallest absolute Gasteiger partial charge is 0.121 e. The highest BCUT2D eigenvalue weighted by atomic mass is 15.4. The number of benzene rings is 7. The van der Waals surface area contributed by atoms with E-state index in [-0.39, 0.29) is 0 Å². The van der Waals surface area contributed by atoms with Crippen molar-refractivity contribution in [3.8, 4) is 39.6 Å². The van der Waals surface area contributed by atoms with Crippen LogP contribution >= 0.6 is 0 Å². The average molecular weight is 628 g/mol. The van der Waals surface area contributed by atoms with Gasteiger partial charge < -0.3 is 9.13 Å². The van der Waals surface area contributed by atoms with Crippen molar-refractivity contribution in [2.75, 3.05) is 0 Å². The van der Waals surface area contributed by atoms with E-state index in [4.69, 9.17) is 5.10 Å². The molecule has 0 unspecified atom stereocenters. The summed E-state index contributed by atoms with van der Waals surface area (Å²) in [5.74, 6) is 0. The Morgan fingerprint density at radius 1 is 0.347 bits per heavy atom. The molecule has 0 saturated heterocycles. The van der Waals surface area contributed by atoms with Gasteiger partial charge in [0.15, 0.2) is 0 Å². The molecule has 0 spiro atoms. The van der Waals surface area contributed by atoms with Crippen LogP contribution < -0.4 is 0 Å². The highest BCUT2D eigenvalue weighted by Gasteiger charge is 2.20. The Balaban J connectivity index is 1.18. The maximum atomic E-state index is 4.73. The second-order valence-electron chi connectivity index (χ2n) is 12.4. The van der Waals surface area contributed by atoms with Gasteiger partial charge in [0.1, 0.15) is 11.4 Å². The predicted molar refractivity (Wildman–Crippen MR) is 201 cm³/mol. The third kappa shape index (κ3) is 4.26. The van der Waals surface area contributed by atoms with E-state index in [2.05, 4.69) is 166 Å². The number of hydrogen-bond acceptors (Lipinski definition) is 2. The Bertz CT molecular complexity index is 2790. The van der Waals surface area contributed by atoms with E-state index in [1.54, 1.807) is 0 Å². The topological polar surface area (TPSA) is 40.6 Å². The molecule has 0 aliphatic rings. The van der Waals surface area contributed by atoms with Crippen molar-refractivity contribution in [3.63, 3.8) is 0 Å². The number of hydrogen-bond donors (Lipinski definition) is 0. The zero-order valence-corrected chi connectivity index (χ0v) is 26.5. The van der Waals surface area contributed by atoms with E-state index in [0.717, 1.165) is 39.6 Å². The van der Waals surface area contributed by atoms with Gasteiger partial charge in [-0.05, 0) is 60.7 Å². The van der Waals surface area contributed by atoms with Gasteiger partial charge >= 0.3 is 0 Å². The first-order chi connectivity index (χ1) is 24.3. The lowest BCUT2D eigenvalue weighted by Crippen LogP contribution is -1.99. The molecule has 0 bridgehead atoms. The maximum absolute atomic E-state index is 4.73. The lowest BCUT2D eigenvalue weighted by Gasteiger charge is -2.11. The fourth-order valence-corrected chi connectivity index (χ4v) is 7.41. The zero-order valence-electron chi connectivity index (χ0n) is 26.5. The Morgan fingerprint density at radius 3 is 1.43 bits per heavy atom. The molecule has 5 nitrogen and oxygen atoms in total. The molecule has 3 heterocycles. The van der Waals surface area contributed by atoms with Gasteiger partial charge in [0.25, 0.3) is 0 Å². The number of nitrogens with zero attached hydrogens (tertiary/aromatic N) is 5. The Kier molecular flexibility index (Phi) is 6.11. The summed E-state index contributed by atoms with van der Waals surface area (Å²) >= 11 is 0. The maximum Gasteiger partial charge on any atom is 0.121 e. The van der Waals surface area contributed by atoms with Gasteiger partial charge in [0.2, 0.25) is 0 Å². The highest BCUT2D eigenvalue weighted by Crippen LogP contribution is 2.40. The molecular formula is C44H29N5. The van der Waals surface area contributed by atoms with Crippen molar-refractivity contribution in [1.82, 2.24) is 24.1 Å². The molecule has 230 valence electrons. The van der Waals surface area contributed by atoms with Crippen LogP contribution in [0.15, 0.2) is 176 Å². The lowest BCUT2D eigenvalue weighted by molar-refractivity contribution is 0.808. The van der Waals surface area contributed by atoms with E-state index in [1.165, 1.54) is 43.6 Å². The van der Waals surface area contributed by atoms with Crippen LogP contribution in [0.25, 0.3) is 83.2 Å². The summed E-state index contributed by atoms with van der Waals surface area (Å²) in [6.45, 7) is 0. The molecule has 49 heavy (non-hydrogen) atoms. The summed E-state index contributed by atoms with van der Waals surface area (Å²) in [7, 11) is 0. The third-order valence-electron chi connectivity index (χ3n) is 9.60. The highest BCUT2D eigenvalue weighted by molar-refractivity contribution is 6.19. The van der Waals surface area contributed by atoms with Crippen LogP contribution in [-0.2, 0) is 0 Å². The minimum Gasteiger partial charge on any atom is -0.309 e. The predicted octanol–water partition coefficient (Wildman–Crippen LogP) is 10.8. The van der Waals surface area contributed by atoms with Gasteiger partial charge in [-0.1, -0.05) is 120 Å². The number of para-hydroxylation sites is 4. The van der Waals surface area contributed by atoms with Gasteiger partial charge in [0.05, 0.1) is 27.8 Å². The second-order valence-corrected chi connectivity index (χ2v) is 12.4. The standard InChI is InChI=1S/C44H29N5/c1-4-14-31(15-5-1)44-43(45-46-49(44)34-18-8-3-9-19-34)30-24-26-33(27-25-30)48-40-23-13-11-21-36(40)38-28-37-35-20-10-12-22-39(35)47(41(37)29-42(38)48)32-16-6-2-7-17-32/h1-29H. The molecule has 0 saturated carbocycles. The summed E-state index contributed by atoms with van der Waals surface area (Å²) in [4.78, 5) is 0. The second kappa shape index (κ2) is 10.9. The third-order valence-corrected chi connectivity index (χ3v) is 9.60. The molecule has 10 rings (SSSR count). The molecule has 0 N–H and O–H groups in total. The monoisotopic (exact) mass is 627 g/mol. The molecule has 0 aliphatic carbocycles. The van der Waals surface area contributed by atoms with E-state index in [1.807, 2.05) is 28.9 Å². The van der Waals surface area contributed by atoms with Gasteiger partial charge in [0, 0.05) is 44.0 Å². The molecule has 0 radical (unpaired) electrons. The van der Waals surface area contributed by atoms with E-state index in [9.17, 15) is 0 Å². The van der Waals surface area contributed by atoms with Crippen LogP contribution in [0.1, 0.15) is 0 Å². The Hall–Kier alpha value is -6.72. The minimum atomic E-state index is 0.845. The first kappa shape index (κ1) is 27.4. The van der Waals surface area contributed by atoms with Crippen LogP contribution in [-0.4, -0.2) is 24.1 Å². The van der Waals surface area contributed by atoms with Crippen molar-refractivity contribution in [1.29, 1.82) is 0 Å². The summed E-state index contributed by atoms with van der Waals surface area (Å²) in [6.07, 6.45) is 0. The lowest BCUT2D eigenvalue weighted by atomic mass is 10.0. The molecule has 7 aromatic carbocycles. The summed E-state index contributed by atoms with van der Waals surface area (Å²) in [6, 6.07) is 62.1. The molecule has 0 fully saturated rings. The van der Waals surface area contributed by atoms with Gasteiger partial charge in [-0.25, -0.2) is 4.68 Å². The Labute approximate surface area is 282 Å². The van der Waals surface area contributed by atoms with Crippen LogP contribution in [0.4, 0.5) is 0 Å². The fourth-order valence-electron chi connectivity index (χ4n) is 7.41. The summed E-state index contributed by atoms with van der Waals surface area (Å²) in [5.41, 5.74) is 11.8. The molecule has 0 aliphatic heterocycles. The van der Waals surface area contributed by atoms with Gasteiger partial charge in [-0.15, -0.1) is 5.10 Å². The van der Waals surface area contributed by atoms with Crippen molar-refractivity contribution in [3.05, 3.63) is 176 Å². The number of aromatic nitrogens is 5. The molecule has 10 aromatic rings. The Morgan fingerprint density at radius 2 is 0.837 bits per heavy atom. The number of fused-ring (bicyclic) bond motifs is 6. The quantitative estimate of drug-likeness (QED) is 0.190. The summed E-state index contributed by atoms with van der Waals surface area (Å²) < 4.78 is 6.71. The van der Waals surface area contributed by atoms with E-state index >= 15 is 0 Å².